The highest BCUT2D eigenvalue weighted by molar-refractivity contribution is 5.93. The molecule has 0 aromatic carbocycles. The molecular weight excluding hydrogens is 184 g/mol. The van der Waals surface area contributed by atoms with Crippen LogP contribution >= 0.6 is 0 Å². The van der Waals surface area contributed by atoms with Crippen molar-refractivity contribution in [2.75, 3.05) is 6.61 Å². The Kier molecular flexibility index (Phi) is 3.28. The Morgan fingerprint density at radius 2 is 2.36 bits per heavy atom. The monoisotopic (exact) mass is 198 g/mol. The fourth-order valence-corrected chi connectivity index (χ4v) is 1.63. The van der Waals surface area contributed by atoms with E-state index in [1.807, 2.05) is 0 Å². The quantitative estimate of drug-likeness (QED) is 0.677. The molecule has 0 saturated carbocycles. The zero-order valence-corrected chi connectivity index (χ0v) is 8.32. The Labute approximate surface area is 82.6 Å². The molecule has 0 saturated heterocycles. The summed E-state index contributed by atoms with van der Waals surface area (Å²) in [5.41, 5.74) is 0. The number of aliphatic hydroxyl groups excluding tert-OH is 1. The fraction of sp³-hybridized carbons (Fsp3) is 0.600. The summed E-state index contributed by atoms with van der Waals surface area (Å²) in [5.74, 6) is -1.64. The third-order valence-electron chi connectivity index (χ3n) is 2.26. The first kappa shape index (κ1) is 10.8. The Morgan fingerprint density at radius 1 is 1.71 bits per heavy atom. The van der Waals surface area contributed by atoms with Gasteiger partial charge in [0.05, 0.1) is 6.61 Å². The lowest BCUT2D eigenvalue weighted by Crippen LogP contribution is -2.31. The second-order valence-corrected chi connectivity index (χ2v) is 3.45. The summed E-state index contributed by atoms with van der Waals surface area (Å²) in [6.45, 7) is 3.74. The molecule has 0 bridgehead atoms. The minimum absolute atomic E-state index is 0.143. The van der Waals surface area contributed by atoms with E-state index in [-0.39, 0.29) is 30.5 Å². The summed E-state index contributed by atoms with van der Waals surface area (Å²) in [6.07, 6.45) is 1.40. The van der Waals surface area contributed by atoms with Gasteiger partial charge in [-0.3, -0.25) is 9.59 Å². The van der Waals surface area contributed by atoms with Gasteiger partial charge in [-0.2, -0.15) is 0 Å². The van der Waals surface area contributed by atoms with E-state index < -0.39 is 11.9 Å². The Morgan fingerprint density at radius 3 is 2.86 bits per heavy atom. The summed E-state index contributed by atoms with van der Waals surface area (Å²) < 4.78 is 4.81. The van der Waals surface area contributed by atoms with E-state index in [9.17, 15) is 14.7 Å². The van der Waals surface area contributed by atoms with E-state index in [1.165, 1.54) is 0 Å². The molecular formula is C10H14O4. The minimum Gasteiger partial charge on any atom is -0.511 e. The normalized spacial score (nSPS) is 27.0. The molecule has 0 aliphatic heterocycles. The molecule has 4 nitrogen and oxygen atoms in total. The van der Waals surface area contributed by atoms with Crippen molar-refractivity contribution in [1.82, 2.24) is 0 Å². The van der Waals surface area contributed by atoms with E-state index >= 15 is 0 Å². The molecule has 0 amide bonds. The van der Waals surface area contributed by atoms with Gasteiger partial charge < -0.3 is 9.84 Å². The molecule has 0 aromatic rings. The number of carbonyl (C=O) groups excluding carboxylic acids is 2. The summed E-state index contributed by atoms with van der Waals surface area (Å²) in [5, 5.41) is 9.45. The van der Waals surface area contributed by atoms with Gasteiger partial charge in [-0.05, 0) is 12.8 Å². The van der Waals surface area contributed by atoms with E-state index in [4.69, 9.17) is 4.74 Å². The van der Waals surface area contributed by atoms with Crippen molar-refractivity contribution in [1.29, 1.82) is 0 Å². The van der Waals surface area contributed by atoms with Crippen molar-refractivity contribution in [2.45, 2.75) is 20.3 Å². The molecule has 0 fully saturated rings. The van der Waals surface area contributed by atoms with Crippen LogP contribution in [-0.4, -0.2) is 23.5 Å². The number of hydrogen-bond acceptors (Lipinski definition) is 4. The number of rotatable bonds is 2. The van der Waals surface area contributed by atoms with Crippen molar-refractivity contribution >= 4 is 11.8 Å². The van der Waals surface area contributed by atoms with Crippen molar-refractivity contribution in [3.05, 3.63) is 11.8 Å². The SMILES string of the molecule is CCOC(=O)[C@H]1C(O)=CC(=O)C[C@H]1C. The Hall–Kier alpha value is -1.32. The Bertz CT molecular complexity index is 280. The van der Waals surface area contributed by atoms with Crippen molar-refractivity contribution in [3.8, 4) is 0 Å². The topological polar surface area (TPSA) is 63.6 Å². The number of aliphatic hydroxyl groups is 1. The van der Waals surface area contributed by atoms with E-state index in [2.05, 4.69) is 0 Å². The van der Waals surface area contributed by atoms with E-state index in [0.717, 1.165) is 6.08 Å². The molecule has 78 valence electrons. The van der Waals surface area contributed by atoms with Crippen LogP contribution in [0, 0.1) is 11.8 Å². The molecule has 1 aliphatic rings. The highest BCUT2D eigenvalue weighted by Gasteiger charge is 2.34. The molecule has 0 aromatic heterocycles. The number of ether oxygens (including phenoxy) is 1. The first-order chi connectivity index (χ1) is 6.56. The van der Waals surface area contributed by atoms with Crippen LogP contribution in [0.25, 0.3) is 0 Å². The van der Waals surface area contributed by atoms with Crippen molar-refractivity contribution < 1.29 is 19.4 Å². The number of ketones is 1. The second-order valence-electron chi connectivity index (χ2n) is 3.45. The van der Waals surface area contributed by atoms with Crippen molar-refractivity contribution in [3.63, 3.8) is 0 Å². The van der Waals surface area contributed by atoms with E-state index in [0.29, 0.717) is 0 Å². The van der Waals surface area contributed by atoms with Gasteiger partial charge in [-0.15, -0.1) is 0 Å². The maximum atomic E-state index is 11.4. The van der Waals surface area contributed by atoms with Gasteiger partial charge in [0.2, 0.25) is 0 Å². The summed E-state index contributed by atoms with van der Waals surface area (Å²) in [4.78, 5) is 22.4. The van der Waals surface area contributed by atoms with Gasteiger partial charge >= 0.3 is 5.97 Å². The van der Waals surface area contributed by atoms with Crippen LogP contribution in [0.3, 0.4) is 0 Å². The molecule has 4 heteroatoms. The van der Waals surface area contributed by atoms with E-state index in [1.54, 1.807) is 13.8 Å². The zero-order chi connectivity index (χ0) is 10.7. The van der Waals surface area contributed by atoms with Gasteiger partial charge in [-0.25, -0.2) is 0 Å². The van der Waals surface area contributed by atoms with Crippen LogP contribution in [0.2, 0.25) is 0 Å². The van der Waals surface area contributed by atoms with Crippen LogP contribution in [0.5, 0.6) is 0 Å². The smallest absolute Gasteiger partial charge is 0.316 e. The fourth-order valence-electron chi connectivity index (χ4n) is 1.63. The average molecular weight is 198 g/mol. The molecule has 1 aliphatic carbocycles. The number of carbonyl (C=O) groups is 2. The number of hydrogen-bond donors (Lipinski definition) is 1. The molecule has 1 N–H and O–H groups in total. The van der Waals surface area contributed by atoms with Crippen LogP contribution in [0.15, 0.2) is 11.8 Å². The first-order valence-electron chi connectivity index (χ1n) is 4.66. The Balaban J connectivity index is 2.81. The van der Waals surface area contributed by atoms with Gasteiger partial charge in [0.1, 0.15) is 11.7 Å². The second kappa shape index (κ2) is 4.26. The van der Waals surface area contributed by atoms with Crippen LogP contribution in [0.4, 0.5) is 0 Å². The number of esters is 1. The summed E-state index contributed by atoms with van der Waals surface area (Å²) >= 11 is 0. The molecule has 2 atom stereocenters. The third kappa shape index (κ3) is 2.13. The van der Waals surface area contributed by atoms with Crippen molar-refractivity contribution in [2.24, 2.45) is 11.8 Å². The van der Waals surface area contributed by atoms with Crippen LogP contribution < -0.4 is 0 Å². The van der Waals surface area contributed by atoms with Crippen LogP contribution in [-0.2, 0) is 14.3 Å². The molecule has 0 unspecified atom stereocenters. The van der Waals surface area contributed by atoms with Gasteiger partial charge in [0.25, 0.3) is 0 Å². The summed E-state index contributed by atoms with van der Waals surface area (Å²) in [7, 11) is 0. The van der Waals surface area contributed by atoms with Crippen LogP contribution in [0.1, 0.15) is 20.3 Å². The highest BCUT2D eigenvalue weighted by atomic mass is 16.5. The molecule has 0 heterocycles. The van der Waals surface area contributed by atoms with Gasteiger partial charge in [0, 0.05) is 12.5 Å². The molecule has 1 rings (SSSR count). The molecule has 14 heavy (non-hydrogen) atoms. The standard InChI is InChI=1S/C10H14O4/c1-3-14-10(13)9-6(2)4-7(11)5-8(9)12/h5-6,9,12H,3-4H2,1-2H3/t6-,9-/m1/s1. The van der Waals surface area contributed by atoms with Gasteiger partial charge in [0.15, 0.2) is 5.78 Å². The lowest BCUT2D eigenvalue weighted by Gasteiger charge is -2.24. The zero-order valence-electron chi connectivity index (χ0n) is 8.32. The van der Waals surface area contributed by atoms with Gasteiger partial charge in [-0.1, -0.05) is 6.92 Å². The molecule has 0 spiro atoms. The predicted octanol–water partition coefficient (Wildman–Crippen LogP) is 1.22. The average Bonchev–Trinajstić information content (AvgIpc) is 2.01. The summed E-state index contributed by atoms with van der Waals surface area (Å²) in [6, 6.07) is 0. The predicted molar refractivity (Wildman–Crippen MR) is 49.6 cm³/mol. The molecule has 0 radical (unpaired) electrons. The minimum atomic E-state index is -0.673. The lowest BCUT2D eigenvalue weighted by atomic mass is 9.83. The maximum absolute atomic E-state index is 11.4. The third-order valence-corrected chi connectivity index (χ3v) is 2.26. The number of allylic oxidation sites excluding steroid dienone is 1. The maximum Gasteiger partial charge on any atom is 0.316 e. The lowest BCUT2D eigenvalue weighted by molar-refractivity contribution is -0.149. The highest BCUT2D eigenvalue weighted by Crippen LogP contribution is 2.28. The largest absolute Gasteiger partial charge is 0.511 e. The first-order valence-corrected chi connectivity index (χ1v) is 4.66.